The maximum Gasteiger partial charge on any atom is 0.416 e. The van der Waals surface area contributed by atoms with E-state index in [0.717, 1.165) is 25.7 Å². The largest absolute Gasteiger partial charge is 0.416 e. The first-order chi connectivity index (χ1) is 13.2. The average Bonchev–Trinajstić information content (AvgIpc) is 3.10. The Morgan fingerprint density at radius 2 is 1.70 bits per heavy atom. The molecule has 0 aromatic heterocycles. The van der Waals surface area contributed by atoms with Crippen molar-refractivity contribution in [3.8, 4) is 0 Å². The third-order valence-electron chi connectivity index (χ3n) is 6.17. The Balaban J connectivity index is 0.00000160. The lowest BCUT2D eigenvalue weighted by molar-refractivity contribution is -0.137. The predicted octanol–water partition coefficient (Wildman–Crippen LogP) is 5.73. The highest BCUT2D eigenvalue weighted by molar-refractivity contribution is 5.85. The van der Waals surface area contributed by atoms with Gasteiger partial charge in [0, 0.05) is 32.2 Å². The average molecular weight is 465 g/mol. The fraction of sp³-hybridized carbons (Fsp3) is 0.455. The summed E-state index contributed by atoms with van der Waals surface area (Å²) in [7, 11) is 2.14. The minimum Gasteiger partial charge on any atom is -0.299 e. The van der Waals surface area contributed by atoms with Crippen molar-refractivity contribution in [1.82, 2.24) is 9.80 Å². The summed E-state index contributed by atoms with van der Waals surface area (Å²) in [6.07, 6.45) is -4.53. The molecule has 2 saturated heterocycles. The molecule has 0 radical (unpaired) electrons. The molecule has 0 spiro atoms. The van der Waals surface area contributed by atoms with Gasteiger partial charge in [-0.05, 0) is 60.7 Å². The summed E-state index contributed by atoms with van der Waals surface area (Å²) >= 11 is 0. The molecular weight excluding hydrogens is 439 g/mol. The highest BCUT2D eigenvalue weighted by atomic mass is 35.5. The van der Waals surface area contributed by atoms with E-state index < -0.39 is 17.6 Å². The lowest BCUT2D eigenvalue weighted by Crippen LogP contribution is -2.29. The molecule has 0 aliphatic carbocycles. The van der Waals surface area contributed by atoms with Gasteiger partial charge in [-0.1, -0.05) is 24.3 Å². The minimum atomic E-state index is -4.53. The molecule has 8 heteroatoms. The van der Waals surface area contributed by atoms with Gasteiger partial charge in [0.25, 0.3) is 0 Å². The zero-order valence-corrected chi connectivity index (χ0v) is 18.5. The fourth-order valence-electron chi connectivity index (χ4n) is 5.03. The molecule has 2 aliphatic heterocycles. The second-order valence-electron chi connectivity index (χ2n) is 8.20. The topological polar surface area (TPSA) is 6.48 Å². The number of fused-ring (bicyclic) bond motifs is 1. The molecule has 0 N–H and O–H groups in total. The molecule has 4 rings (SSSR count). The Hall–Kier alpha value is -1.34. The lowest BCUT2D eigenvalue weighted by Gasteiger charge is -2.28. The molecule has 2 nitrogen and oxygen atoms in total. The number of alkyl halides is 3. The molecule has 2 aliphatic rings. The van der Waals surface area contributed by atoms with Crippen LogP contribution < -0.4 is 0 Å². The van der Waals surface area contributed by atoms with Crippen LogP contribution in [0.5, 0.6) is 0 Å². The second kappa shape index (κ2) is 9.43. The molecule has 30 heavy (non-hydrogen) atoms. The lowest BCUT2D eigenvalue weighted by atomic mass is 9.88. The van der Waals surface area contributed by atoms with Crippen molar-refractivity contribution in [1.29, 1.82) is 0 Å². The normalized spacial score (nSPS) is 24.3. The first-order valence-corrected chi connectivity index (χ1v) is 9.57. The molecule has 2 heterocycles. The summed E-state index contributed by atoms with van der Waals surface area (Å²) in [6, 6.07) is 11.5. The monoisotopic (exact) mass is 464 g/mol. The number of likely N-dealkylation sites (tertiary alicyclic amines) is 2. The molecule has 3 atom stereocenters. The number of hydrogen-bond acceptors (Lipinski definition) is 2. The van der Waals surface area contributed by atoms with E-state index in [1.165, 1.54) is 17.2 Å². The standard InChI is InChI=1S/C22H24F4N2.2ClH/c1-14-5-3-4-6-19(14)21-20-13-28(12-16(20)11-27(21)2)10-15-7-17(22(24,25)26)9-18(23)8-15;;/h3-9,16,20-21H,10-13H2,1-2H3;2*1H/t16-,20+,21-;;/m0../s1. The van der Waals surface area contributed by atoms with Crippen molar-refractivity contribution in [2.45, 2.75) is 25.7 Å². The van der Waals surface area contributed by atoms with Gasteiger partial charge in [-0.25, -0.2) is 4.39 Å². The summed E-state index contributed by atoms with van der Waals surface area (Å²) < 4.78 is 52.7. The van der Waals surface area contributed by atoms with Gasteiger partial charge in [-0.15, -0.1) is 24.8 Å². The van der Waals surface area contributed by atoms with Crippen molar-refractivity contribution in [2.24, 2.45) is 11.8 Å². The van der Waals surface area contributed by atoms with Crippen LogP contribution in [-0.2, 0) is 12.7 Å². The van der Waals surface area contributed by atoms with E-state index in [9.17, 15) is 17.6 Å². The van der Waals surface area contributed by atoms with Crippen molar-refractivity contribution in [3.63, 3.8) is 0 Å². The third-order valence-corrected chi connectivity index (χ3v) is 6.17. The Bertz CT molecular complexity index is 874. The second-order valence-corrected chi connectivity index (χ2v) is 8.20. The first-order valence-electron chi connectivity index (χ1n) is 9.57. The number of halogens is 6. The molecule has 2 aromatic rings. The summed E-state index contributed by atoms with van der Waals surface area (Å²) in [5, 5.41) is 0. The summed E-state index contributed by atoms with van der Waals surface area (Å²) in [5.41, 5.74) is 2.05. The number of nitrogens with zero attached hydrogens (tertiary/aromatic N) is 2. The van der Waals surface area contributed by atoms with Crippen LogP contribution in [0.3, 0.4) is 0 Å². The molecule has 2 fully saturated rings. The minimum absolute atomic E-state index is 0. The number of benzene rings is 2. The molecule has 0 amide bonds. The SMILES string of the molecule is Cc1ccccc1[C@H]1[C@@H]2CN(Cc3cc(F)cc(C(F)(F)F)c3)C[C@@H]2CN1C.Cl.Cl. The van der Waals surface area contributed by atoms with Gasteiger partial charge in [0.15, 0.2) is 0 Å². The highest BCUT2D eigenvalue weighted by Gasteiger charge is 2.46. The van der Waals surface area contributed by atoms with E-state index in [2.05, 4.69) is 42.0 Å². The number of rotatable bonds is 3. The van der Waals surface area contributed by atoms with E-state index in [4.69, 9.17) is 0 Å². The smallest absolute Gasteiger partial charge is 0.299 e. The molecule has 2 aromatic carbocycles. The van der Waals surface area contributed by atoms with E-state index in [1.54, 1.807) is 0 Å². The van der Waals surface area contributed by atoms with Gasteiger partial charge >= 0.3 is 6.18 Å². The van der Waals surface area contributed by atoms with Gasteiger partial charge in [0.05, 0.1) is 5.56 Å². The van der Waals surface area contributed by atoms with Crippen LogP contribution in [0.1, 0.15) is 28.3 Å². The Labute approximate surface area is 187 Å². The number of hydrogen-bond donors (Lipinski definition) is 0. The maximum atomic E-state index is 13.7. The van der Waals surface area contributed by atoms with Crippen LogP contribution in [0.15, 0.2) is 42.5 Å². The van der Waals surface area contributed by atoms with Crippen molar-refractivity contribution in [3.05, 3.63) is 70.5 Å². The van der Waals surface area contributed by atoms with Gasteiger partial charge in [-0.2, -0.15) is 13.2 Å². The van der Waals surface area contributed by atoms with E-state index in [-0.39, 0.29) is 24.8 Å². The number of aryl methyl sites for hydroxylation is 1. The Morgan fingerprint density at radius 3 is 2.37 bits per heavy atom. The van der Waals surface area contributed by atoms with E-state index in [1.807, 2.05) is 6.07 Å². The van der Waals surface area contributed by atoms with Crippen LogP contribution in [0.2, 0.25) is 0 Å². The van der Waals surface area contributed by atoms with Crippen molar-refractivity contribution >= 4 is 24.8 Å². The summed E-state index contributed by atoms with van der Waals surface area (Å²) in [6.45, 7) is 5.07. The zero-order valence-electron chi connectivity index (χ0n) is 16.8. The predicted molar refractivity (Wildman–Crippen MR) is 115 cm³/mol. The van der Waals surface area contributed by atoms with Gasteiger partial charge in [0.2, 0.25) is 0 Å². The molecular formula is C22H26Cl2F4N2. The van der Waals surface area contributed by atoms with Crippen LogP contribution in [0.4, 0.5) is 17.6 Å². The first kappa shape index (κ1) is 24.9. The Kier molecular flexibility index (Phi) is 7.83. The van der Waals surface area contributed by atoms with Crippen LogP contribution >= 0.6 is 24.8 Å². The summed E-state index contributed by atoms with van der Waals surface area (Å²) in [4.78, 5) is 4.56. The highest BCUT2D eigenvalue weighted by Crippen LogP contribution is 2.45. The van der Waals surface area contributed by atoms with Gasteiger partial charge < -0.3 is 0 Å². The Morgan fingerprint density at radius 1 is 1.00 bits per heavy atom. The van der Waals surface area contributed by atoms with Crippen LogP contribution in [0, 0.1) is 24.6 Å². The van der Waals surface area contributed by atoms with Gasteiger partial charge in [-0.3, -0.25) is 9.80 Å². The molecule has 0 unspecified atom stereocenters. The van der Waals surface area contributed by atoms with Crippen LogP contribution in [0.25, 0.3) is 0 Å². The molecule has 0 bridgehead atoms. The molecule has 166 valence electrons. The van der Waals surface area contributed by atoms with E-state index in [0.29, 0.717) is 36.1 Å². The van der Waals surface area contributed by atoms with Gasteiger partial charge in [0.1, 0.15) is 5.82 Å². The molecule has 0 saturated carbocycles. The van der Waals surface area contributed by atoms with E-state index >= 15 is 0 Å². The summed E-state index contributed by atoms with van der Waals surface area (Å²) in [5.74, 6) is 0.0775. The van der Waals surface area contributed by atoms with Crippen LogP contribution in [-0.4, -0.2) is 36.5 Å². The van der Waals surface area contributed by atoms with Crippen molar-refractivity contribution < 1.29 is 17.6 Å². The fourth-order valence-corrected chi connectivity index (χ4v) is 5.03. The quantitative estimate of drug-likeness (QED) is 0.535. The maximum absolute atomic E-state index is 13.7. The van der Waals surface area contributed by atoms with Crippen molar-refractivity contribution in [2.75, 3.05) is 26.7 Å². The zero-order chi connectivity index (χ0) is 20.1. The third kappa shape index (κ3) is 4.93.